The number of nitrogens with one attached hydrogen (secondary N) is 1. The van der Waals surface area contributed by atoms with Crippen molar-refractivity contribution in [3.63, 3.8) is 0 Å². The maximum atomic E-state index is 3.61. The Morgan fingerprint density at radius 2 is 1.80 bits per heavy atom. The number of thioether (sulfide) groups is 1. The van der Waals surface area contributed by atoms with E-state index in [1.807, 2.05) is 0 Å². The summed E-state index contributed by atoms with van der Waals surface area (Å²) < 4.78 is 0. The Kier molecular flexibility index (Phi) is 3.97. The van der Waals surface area contributed by atoms with Crippen LogP contribution in [0.5, 0.6) is 0 Å². The molecule has 0 amide bonds. The van der Waals surface area contributed by atoms with Crippen LogP contribution in [-0.2, 0) is 0 Å². The van der Waals surface area contributed by atoms with E-state index in [9.17, 15) is 0 Å². The fourth-order valence-electron chi connectivity index (χ4n) is 3.03. The average Bonchev–Trinajstić information content (AvgIpc) is 2.16. The predicted molar refractivity (Wildman–Crippen MR) is 68.6 cm³/mol. The molecular weight excluding hydrogens is 204 g/mol. The van der Waals surface area contributed by atoms with Crippen molar-refractivity contribution in [1.29, 1.82) is 0 Å². The van der Waals surface area contributed by atoms with E-state index in [0.717, 1.165) is 11.3 Å². The fraction of sp³-hybridized carbons (Fsp3) is 1.00. The van der Waals surface area contributed by atoms with E-state index in [1.165, 1.54) is 31.7 Å². The van der Waals surface area contributed by atoms with Crippen LogP contribution in [0.2, 0.25) is 0 Å². The van der Waals surface area contributed by atoms with Gasteiger partial charge in [0.1, 0.15) is 0 Å². The Balaban J connectivity index is 1.95. The standard InChI is InChI=1S/C12H24N2S/c1-9-7-14(8-10(2)13-9)12-5-4-6-15-11(12)3/h9-13H,4-8H2,1-3H3. The Morgan fingerprint density at radius 3 is 2.40 bits per heavy atom. The van der Waals surface area contributed by atoms with Crippen LogP contribution in [0.25, 0.3) is 0 Å². The van der Waals surface area contributed by atoms with Crippen LogP contribution in [0.4, 0.5) is 0 Å². The van der Waals surface area contributed by atoms with Crippen LogP contribution >= 0.6 is 11.8 Å². The second kappa shape index (κ2) is 5.07. The lowest BCUT2D eigenvalue weighted by atomic mass is 10.0. The Hall–Kier alpha value is 0.270. The number of rotatable bonds is 1. The highest BCUT2D eigenvalue weighted by Gasteiger charge is 2.31. The fourth-order valence-corrected chi connectivity index (χ4v) is 4.26. The zero-order valence-electron chi connectivity index (χ0n) is 10.2. The second-order valence-electron chi connectivity index (χ2n) is 5.21. The van der Waals surface area contributed by atoms with Gasteiger partial charge in [-0.05, 0) is 32.4 Å². The van der Waals surface area contributed by atoms with Crippen LogP contribution in [-0.4, -0.2) is 47.1 Å². The molecule has 4 unspecified atom stereocenters. The van der Waals surface area contributed by atoms with E-state index in [2.05, 4.69) is 42.7 Å². The van der Waals surface area contributed by atoms with Gasteiger partial charge in [-0.15, -0.1) is 0 Å². The summed E-state index contributed by atoms with van der Waals surface area (Å²) in [6.45, 7) is 9.50. The zero-order chi connectivity index (χ0) is 10.8. The molecule has 0 aromatic heterocycles. The lowest BCUT2D eigenvalue weighted by Gasteiger charge is -2.44. The Labute approximate surface area is 98.2 Å². The van der Waals surface area contributed by atoms with Gasteiger partial charge in [0.15, 0.2) is 0 Å². The molecule has 0 aromatic carbocycles. The van der Waals surface area contributed by atoms with E-state index < -0.39 is 0 Å². The third-order valence-corrected chi connectivity index (χ3v) is 4.99. The molecule has 0 radical (unpaired) electrons. The molecule has 2 heterocycles. The van der Waals surface area contributed by atoms with Gasteiger partial charge in [0.25, 0.3) is 0 Å². The molecule has 0 bridgehead atoms. The molecule has 2 saturated heterocycles. The van der Waals surface area contributed by atoms with Gasteiger partial charge in [0.2, 0.25) is 0 Å². The molecule has 2 rings (SSSR count). The zero-order valence-corrected chi connectivity index (χ0v) is 11.0. The molecule has 1 N–H and O–H groups in total. The molecule has 2 nitrogen and oxygen atoms in total. The highest BCUT2D eigenvalue weighted by Crippen LogP contribution is 2.29. The van der Waals surface area contributed by atoms with E-state index in [-0.39, 0.29) is 0 Å². The lowest BCUT2D eigenvalue weighted by Crippen LogP contribution is -2.59. The molecule has 2 fully saturated rings. The molecular formula is C12H24N2S. The number of hydrogen-bond acceptors (Lipinski definition) is 3. The van der Waals surface area contributed by atoms with E-state index >= 15 is 0 Å². The average molecular weight is 228 g/mol. The van der Waals surface area contributed by atoms with Crippen LogP contribution in [0.15, 0.2) is 0 Å². The van der Waals surface area contributed by atoms with Gasteiger partial charge < -0.3 is 5.32 Å². The van der Waals surface area contributed by atoms with Crippen LogP contribution in [0.3, 0.4) is 0 Å². The van der Waals surface area contributed by atoms with Crippen molar-refractivity contribution in [2.75, 3.05) is 18.8 Å². The predicted octanol–water partition coefficient (Wildman–Crippen LogP) is 1.95. The molecule has 2 aliphatic heterocycles. The molecule has 0 aliphatic carbocycles. The summed E-state index contributed by atoms with van der Waals surface area (Å²) in [5.74, 6) is 1.37. The van der Waals surface area contributed by atoms with E-state index in [4.69, 9.17) is 0 Å². The quantitative estimate of drug-likeness (QED) is 0.738. The summed E-state index contributed by atoms with van der Waals surface area (Å²) in [7, 11) is 0. The summed E-state index contributed by atoms with van der Waals surface area (Å²) in [6.07, 6.45) is 2.82. The van der Waals surface area contributed by atoms with Crippen molar-refractivity contribution >= 4 is 11.8 Å². The summed E-state index contributed by atoms with van der Waals surface area (Å²) in [4.78, 5) is 2.72. The van der Waals surface area contributed by atoms with Crippen molar-refractivity contribution in [3.8, 4) is 0 Å². The summed E-state index contributed by atoms with van der Waals surface area (Å²) in [5, 5.41) is 4.44. The van der Waals surface area contributed by atoms with Crippen LogP contribution in [0.1, 0.15) is 33.6 Å². The maximum absolute atomic E-state index is 3.61. The van der Waals surface area contributed by atoms with Gasteiger partial charge in [-0.25, -0.2) is 0 Å². The molecule has 2 aliphatic rings. The van der Waals surface area contributed by atoms with Gasteiger partial charge in [-0.2, -0.15) is 11.8 Å². The SMILES string of the molecule is CC1CN(C2CCCSC2C)CC(C)N1. The minimum absolute atomic E-state index is 0.660. The first-order valence-electron chi connectivity index (χ1n) is 6.28. The van der Waals surface area contributed by atoms with Crippen molar-refractivity contribution < 1.29 is 0 Å². The first-order valence-corrected chi connectivity index (χ1v) is 7.33. The summed E-state index contributed by atoms with van der Waals surface area (Å²) >= 11 is 2.16. The molecule has 0 aromatic rings. The van der Waals surface area contributed by atoms with Gasteiger partial charge in [0, 0.05) is 36.5 Å². The van der Waals surface area contributed by atoms with Crippen molar-refractivity contribution in [2.24, 2.45) is 0 Å². The minimum atomic E-state index is 0.660. The van der Waals surface area contributed by atoms with Gasteiger partial charge >= 0.3 is 0 Å². The Morgan fingerprint density at radius 1 is 1.13 bits per heavy atom. The normalized spacial score (nSPS) is 44.2. The lowest BCUT2D eigenvalue weighted by molar-refractivity contribution is 0.115. The minimum Gasteiger partial charge on any atom is -0.309 e. The molecule has 15 heavy (non-hydrogen) atoms. The third-order valence-electron chi connectivity index (χ3n) is 3.62. The number of nitrogens with zero attached hydrogens (tertiary/aromatic N) is 1. The van der Waals surface area contributed by atoms with Crippen molar-refractivity contribution in [2.45, 2.75) is 57.0 Å². The largest absolute Gasteiger partial charge is 0.309 e. The van der Waals surface area contributed by atoms with E-state index in [1.54, 1.807) is 0 Å². The molecule has 0 spiro atoms. The van der Waals surface area contributed by atoms with Crippen molar-refractivity contribution in [3.05, 3.63) is 0 Å². The summed E-state index contributed by atoms with van der Waals surface area (Å²) in [5.41, 5.74) is 0. The van der Waals surface area contributed by atoms with Gasteiger partial charge in [-0.1, -0.05) is 6.92 Å². The maximum Gasteiger partial charge on any atom is 0.0213 e. The first kappa shape index (κ1) is 11.7. The molecule has 4 atom stereocenters. The summed E-state index contributed by atoms with van der Waals surface area (Å²) in [6, 6.07) is 2.15. The highest BCUT2D eigenvalue weighted by molar-refractivity contribution is 7.99. The van der Waals surface area contributed by atoms with Crippen LogP contribution in [0, 0.1) is 0 Å². The van der Waals surface area contributed by atoms with Gasteiger partial charge in [0.05, 0.1) is 0 Å². The second-order valence-corrected chi connectivity index (χ2v) is 6.69. The van der Waals surface area contributed by atoms with Gasteiger partial charge in [-0.3, -0.25) is 4.90 Å². The number of piperazine rings is 1. The Bertz CT molecular complexity index is 200. The van der Waals surface area contributed by atoms with Crippen LogP contribution < -0.4 is 5.32 Å². The van der Waals surface area contributed by atoms with E-state index in [0.29, 0.717) is 12.1 Å². The first-order chi connectivity index (χ1) is 7.16. The smallest absolute Gasteiger partial charge is 0.0213 e. The number of hydrogen-bond donors (Lipinski definition) is 1. The molecule has 0 saturated carbocycles. The molecule has 88 valence electrons. The third kappa shape index (κ3) is 2.89. The highest BCUT2D eigenvalue weighted by atomic mass is 32.2. The topological polar surface area (TPSA) is 15.3 Å². The monoisotopic (exact) mass is 228 g/mol. The van der Waals surface area contributed by atoms with Crippen molar-refractivity contribution in [1.82, 2.24) is 10.2 Å². The molecule has 3 heteroatoms.